The number of alkyl halides is 7. The summed E-state index contributed by atoms with van der Waals surface area (Å²) in [6.45, 7) is 1.44. The quantitative estimate of drug-likeness (QED) is 0.223. The zero-order chi connectivity index (χ0) is 38.4. The number of carboxylic acid groups (broad SMARTS) is 1. The van der Waals surface area contributed by atoms with Gasteiger partial charge in [0.15, 0.2) is 11.5 Å². The number of amides is 1. The lowest BCUT2D eigenvalue weighted by molar-refractivity contribution is -0.146. The van der Waals surface area contributed by atoms with Gasteiger partial charge in [0, 0.05) is 54.3 Å². The molecule has 6 unspecified atom stereocenters. The highest BCUT2D eigenvalue weighted by Crippen LogP contribution is 2.51. The molecule has 1 amide bonds. The molecular formula is C38H42F7N5O4. The Morgan fingerprint density at radius 3 is 2.39 bits per heavy atom. The molecule has 3 aromatic rings. The molecule has 8 rings (SSSR count). The molecule has 16 heteroatoms. The molecule has 0 spiro atoms. The third-order valence-corrected chi connectivity index (χ3v) is 12.5. The molecule has 0 radical (unpaired) electrons. The number of halogens is 7. The second-order valence-electron chi connectivity index (χ2n) is 16.4. The maximum atomic E-state index is 14.7. The first kappa shape index (κ1) is 37.0. The van der Waals surface area contributed by atoms with Crippen LogP contribution >= 0.6 is 0 Å². The Hall–Kier alpha value is -3.95. The number of carbonyl (C=O) groups excluding carboxylic acids is 1. The molecule has 9 nitrogen and oxygen atoms in total. The maximum absolute atomic E-state index is 14.7. The number of aromatic nitrogens is 3. The van der Waals surface area contributed by atoms with Gasteiger partial charge in [0.25, 0.3) is 11.8 Å². The minimum absolute atomic E-state index is 0.0288. The van der Waals surface area contributed by atoms with Crippen LogP contribution in [0.15, 0.2) is 30.6 Å². The average molecular weight is 766 g/mol. The van der Waals surface area contributed by atoms with E-state index in [-0.39, 0.29) is 80.6 Å². The molecule has 5 fully saturated rings. The third-order valence-electron chi connectivity index (χ3n) is 12.5. The van der Waals surface area contributed by atoms with Gasteiger partial charge in [-0.2, -0.15) is 13.2 Å². The minimum atomic E-state index is -5.11. The van der Waals surface area contributed by atoms with Crippen LogP contribution in [0.3, 0.4) is 0 Å². The van der Waals surface area contributed by atoms with E-state index in [1.54, 1.807) is 33.9 Å². The fourth-order valence-corrected chi connectivity index (χ4v) is 10.0. The predicted molar refractivity (Wildman–Crippen MR) is 181 cm³/mol. The van der Waals surface area contributed by atoms with Crippen LogP contribution in [0.2, 0.25) is 0 Å². The third kappa shape index (κ3) is 6.80. The molecule has 5 aliphatic rings. The molecule has 6 atom stereocenters. The molecule has 2 aromatic heterocycles. The van der Waals surface area contributed by atoms with Crippen LogP contribution < -0.4 is 10.1 Å². The van der Waals surface area contributed by atoms with Gasteiger partial charge in [-0.25, -0.2) is 32.3 Å². The van der Waals surface area contributed by atoms with Crippen LogP contribution in [0, 0.1) is 17.8 Å². The monoisotopic (exact) mass is 765 g/mol. The molecule has 54 heavy (non-hydrogen) atoms. The van der Waals surface area contributed by atoms with Crippen molar-refractivity contribution in [3.63, 3.8) is 0 Å². The zero-order valence-corrected chi connectivity index (χ0v) is 29.6. The molecule has 3 heterocycles. The van der Waals surface area contributed by atoms with E-state index in [0.717, 1.165) is 12.6 Å². The number of carbonyl (C=O) groups is 2. The van der Waals surface area contributed by atoms with E-state index in [1.807, 2.05) is 6.92 Å². The Bertz CT molecular complexity index is 1950. The molecule has 2 N–H and O–H groups in total. The summed E-state index contributed by atoms with van der Waals surface area (Å²) in [4.78, 5) is 36.0. The van der Waals surface area contributed by atoms with Crippen molar-refractivity contribution < 1.29 is 50.2 Å². The molecular weight excluding hydrogens is 723 g/mol. The van der Waals surface area contributed by atoms with E-state index < -0.39 is 58.7 Å². The first-order valence-corrected chi connectivity index (χ1v) is 18.7. The number of nitrogens with zero attached hydrogens (tertiary/aromatic N) is 4. The van der Waals surface area contributed by atoms with Crippen molar-refractivity contribution in [1.82, 2.24) is 24.8 Å². The van der Waals surface area contributed by atoms with Gasteiger partial charge in [0.1, 0.15) is 17.4 Å². The molecule has 2 bridgehead atoms. The number of likely N-dealkylation sites (tertiary alicyclic amines) is 1. The normalized spacial score (nSPS) is 31.0. The largest absolute Gasteiger partial charge is 0.490 e. The molecule has 1 aromatic carbocycles. The van der Waals surface area contributed by atoms with Gasteiger partial charge in [0.2, 0.25) is 5.92 Å². The van der Waals surface area contributed by atoms with Crippen molar-refractivity contribution >= 4 is 22.8 Å². The van der Waals surface area contributed by atoms with Crippen LogP contribution in [-0.4, -0.2) is 79.0 Å². The predicted octanol–water partition coefficient (Wildman–Crippen LogP) is 8.13. The first-order valence-electron chi connectivity index (χ1n) is 18.7. The number of carboxylic acids is 1. The lowest BCUT2D eigenvalue weighted by atomic mass is 9.78. The second-order valence-corrected chi connectivity index (χ2v) is 16.4. The molecule has 292 valence electrons. The number of aliphatic carboxylic acids is 1. The van der Waals surface area contributed by atoms with Gasteiger partial charge >= 0.3 is 12.1 Å². The van der Waals surface area contributed by atoms with E-state index in [1.165, 1.54) is 0 Å². The van der Waals surface area contributed by atoms with E-state index in [0.29, 0.717) is 48.8 Å². The number of hydrogen-bond donors (Lipinski definition) is 2. The van der Waals surface area contributed by atoms with E-state index in [2.05, 4.69) is 15.3 Å². The van der Waals surface area contributed by atoms with Crippen LogP contribution in [0.25, 0.3) is 22.3 Å². The number of rotatable bonds is 8. The van der Waals surface area contributed by atoms with Gasteiger partial charge in [0.05, 0.1) is 24.2 Å². The minimum Gasteiger partial charge on any atom is -0.490 e. The van der Waals surface area contributed by atoms with E-state index in [4.69, 9.17) is 4.74 Å². The molecule has 4 saturated carbocycles. The lowest BCUT2D eigenvalue weighted by Gasteiger charge is -2.42. The van der Waals surface area contributed by atoms with Gasteiger partial charge in [-0.15, -0.1) is 0 Å². The highest BCUT2D eigenvalue weighted by atomic mass is 19.4. The number of benzene rings is 1. The molecule has 4 aliphatic carbocycles. The van der Waals surface area contributed by atoms with Gasteiger partial charge < -0.3 is 19.7 Å². The standard InChI is InChI=1S/C38H42F7N5O4/c1-20-10-21-12-22(11-20)37(15-21,34(52)53)48-33(51)28-16-46-32(47-31(28)38(43,44)45)29-17-50(23-6-8-35(39,40)9-7-23)30-14-26(4-5-27(29)30)54-25-3-2-24(13-25)49-18-36(41,42)19-49/h4-5,14,16-17,20-25H,2-3,6-13,15,18-19H2,1H3,(H,48,51)(H,52,53). The summed E-state index contributed by atoms with van der Waals surface area (Å²) in [7, 11) is 0. The number of nitrogens with one attached hydrogen (secondary N) is 1. The van der Waals surface area contributed by atoms with Gasteiger partial charge in [-0.1, -0.05) is 6.92 Å². The number of hydrogen-bond acceptors (Lipinski definition) is 6. The van der Waals surface area contributed by atoms with Crippen molar-refractivity contribution in [3.8, 4) is 17.1 Å². The SMILES string of the molecule is CC1CC2CC(C1)C(NC(=O)c1cnc(-c3cn(C4CCC(F)(F)CC4)c4cc(OC5CCC(N6CC(F)(F)C6)C5)ccc34)nc1C(F)(F)F)(C(=O)O)C2. The summed E-state index contributed by atoms with van der Waals surface area (Å²) in [5.41, 5.74) is -3.42. The fraction of sp³-hybridized carbons (Fsp3) is 0.632. The molecule has 1 aliphatic heterocycles. The highest BCUT2D eigenvalue weighted by Gasteiger charge is 2.57. The Labute approximate surface area is 306 Å². The van der Waals surface area contributed by atoms with Crippen molar-refractivity contribution in [1.29, 1.82) is 0 Å². The lowest BCUT2D eigenvalue weighted by Crippen LogP contribution is -2.59. The van der Waals surface area contributed by atoms with Crippen molar-refractivity contribution in [2.24, 2.45) is 17.8 Å². The summed E-state index contributed by atoms with van der Waals surface area (Å²) >= 11 is 0. The summed E-state index contributed by atoms with van der Waals surface area (Å²) in [6, 6.07) is 4.55. The van der Waals surface area contributed by atoms with Gasteiger partial charge in [-0.05, 0) is 87.7 Å². The first-order chi connectivity index (χ1) is 25.4. The van der Waals surface area contributed by atoms with Gasteiger partial charge in [-0.3, -0.25) is 9.69 Å². The Morgan fingerprint density at radius 1 is 0.963 bits per heavy atom. The van der Waals surface area contributed by atoms with Crippen LogP contribution in [0.5, 0.6) is 5.75 Å². The molecule has 1 saturated heterocycles. The smallest absolute Gasteiger partial charge is 0.434 e. The summed E-state index contributed by atoms with van der Waals surface area (Å²) in [6.07, 6.45) is 0.370. The fourth-order valence-electron chi connectivity index (χ4n) is 10.0. The van der Waals surface area contributed by atoms with Crippen molar-refractivity contribution in [2.45, 2.75) is 119 Å². The van der Waals surface area contributed by atoms with E-state index >= 15 is 0 Å². The summed E-state index contributed by atoms with van der Waals surface area (Å²) in [5.74, 6) is -8.09. The average Bonchev–Trinajstić information content (AvgIpc) is 3.77. The van der Waals surface area contributed by atoms with Crippen LogP contribution in [0.1, 0.15) is 99.6 Å². The van der Waals surface area contributed by atoms with Crippen LogP contribution in [0.4, 0.5) is 30.7 Å². The number of ether oxygens (including phenoxy) is 1. The van der Waals surface area contributed by atoms with E-state index in [9.17, 15) is 45.4 Å². The summed E-state index contributed by atoms with van der Waals surface area (Å²) < 4.78 is 107. The highest BCUT2D eigenvalue weighted by molar-refractivity contribution is 6.00. The van der Waals surface area contributed by atoms with Crippen LogP contribution in [-0.2, 0) is 11.0 Å². The Morgan fingerprint density at radius 2 is 1.70 bits per heavy atom. The Kier molecular flexibility index (Phi) is 8.96. The summed E-state index contributed by atoms with van der Waals surface area (Å²) in [5, 5.41) is 13.2. The maximum Gasteiger partial charge on any atom is 0.434 e. The second kappa shape index (κ2) is 13.1. The Balaban J connectivity index is 1.11. The van der Waals surface area contributed by atoms with Crippen molar-refractivity contribution in [2.75, 3.05) is 13.1 Å². The van der Waals surface area contributed by atoms with Crippen molar-refractivity contribution in [3.05, 3.63) is 41.9 Å². The zero-order valence-electron chi connectivity index (χ0n) is 29.6. The number of fused-ring (bicyclic) bond motifs is 3. The topological polar surface area (TPSA) is 110 Å².